The lowest BCUT2D eigenvalue weighted by molar-refractivity contribution is -0.119. The molecular weight excluding hydrogens is 315 g/mol. The molecular formula is C9H8Cl3F3N2O. The topological polar surface area (TPSA) is 36.4 Å². The van der Waals surface area contributed by atoms with Gasteiger partial charge in [-0.15, -0.1) is 0 Å². The molecule has 0 bridgehead atoms. The first-order valence-corrected chi connectivity index (χ1v) is 5.82. The molecule has 1 aromatic rings. The molecule has 0 aliphatic carbocycles. The molecule has 0 aliphatic rings. The Morgan fingerprint density at radius 1 is 1.22 bits per heavy atom. The highest BCUT2D eigenvalue weighted by Gasteiger charge is 2.32. The number of aliphatic hydroxyl groups excluding tert-OH is 1. The van der Waals surface area contributed by atoms with Crippen LogP contribution in [0.3, 0.4) is 0 Å². The molecule has 9 heteroatoms. The molecule has 0 aliphatic heterocycles. The highest BCUT2D eigenvalue weighted by atomic mass is 35.5. The van der Waals surface area contributed by atoms with E-state index >= 15 is 0 Å². The lowest BCUT2D eigenvalue weighted by atomic mass is 10.4. The van der Waals surface area contributed by atoms with E-state index < -0.39 is 19.3 Å². The number of anilines is 1. The van der Waals surface area contributed by atoms with Crippen molar-refractivity contribution in [2.75, 3.05) is 24.6 Å². The molecule has 0 aromatic carbocycles. The third kappa shape index (κ3) is 4.35. The van der Waals surface area contributed by atoms with Gasteiger partial charge >= 0.3 is 6.18 Å². The van der Waals surface area contributed by atoms with E-state index in [1.807, 2.05) is 0 Å². The van der Waals surface area contributed by atoms with Crippen molar-refractivity contribution in [3.8, 4) is 0 Å². The second-order valence-corrected chi connectivity index (χ2v) is 4.50. The van der Waals surface area contributed by atoms with E-state index in [4.69, 9.17) is 39.9 Å². The van der Waals surface area contributed by atoms with Crippen LogP contribution in [0.5, 0.6) is 0 Å². The summed E-state index contributed by atoms with van der Waals surface area (Å²) in [6, 6.07) is 1.20. The van der Waals surface area contributed by atoms with Gasteiger partial charge in [-0.1, -0.05) is 34.8 Å². The molecule has 102 valence electrons. The van der Waals surface area contributed by atoms with Crippen molar-refractivity contribution in [1.82, 2.24) is 4.98 Å². The SMILES string of the molecule is OCCN(CC(F)(F)F)c1nc(Cl)c(Cl)cc1Cl. The quantitative estimate of drug-likeness (QED) is 0.863. The maximum Gasteiger partial charge on any atom is 0.405 e. The zero-order valence-electron chi connectivity index (χ0n) is 8.81. The van der Waals surface area contributed by atoms with Crippen LogP contribution >= 0.6 is 34.8 Å². The predicted molar refractivity (Wildman–Crippen MR) is 64.6 cm³/mol. The summed E-state index contributed by atoms with van der Waals surface area (Å²) in [6.45, 7) is -2.04. The Bertz CT molecular complexity index is 428. The van der Waals surface area contributed by atoms with Crippen molar-refractivity contribution < 1.29 is 18.3 Å². The van der Waals surface area contributed by atoms with Gasteiger partial charge in [0.1, 0.15) is 17.5 Å². The summed E-state index contributed by atoms with van der Waals surface area (Å²) in [5.74, 6) is -0.169. The number of hydrogen-bond acceptors (Lipinski definition) is 3. The minimum Gasteiger partial charge on any atom is -0.395 e. The van der Waals surface area contributed by atoms with E-state index in [9.17, 15) is 13.2 Å². The van der Waals surface area contributed by atoms with Crippen LogP contribution in [0.15, 0.2) is 6.07 Å². The fourth-order valence-electron chi connectivity index (χ4n) is 1.25. The molecule has 0 fully saturated rings. The Labute approximate surface area is 116 Å². The second-order valence-electron chi connectivity index (χ2n) is 3.33. The van der Waals surface area contributed by atoms with Crippen LogP contribution in [0.25, 0.3) is 0 Å². The summed E-state index contributed by atoms with van der Waals surface area (Å²) in [7, 11) is 0. The molecule has 3 nitrogen and oxygen atoms in total. The minimum absolute atomic E-state index is 0.0429. The van der Waals surface area contributed by atoms with Crippen LogP contribution < -0.4 is 4.90 Å². The van der Waals surface area contributed by atoms with Crippen molar-refractivity contribution in [3.05, 3.63) is 21.3 Å². The van der Waals surface area contributed by atoms with Crippen LogP contribution in [0, 0.1) is 0 Å². The van der Waals surface area contributed by atoms with Gasteiger partial charge in [0.25, 0.3) is 0 Å². The molecule has 0 saturated carbocycles. The smallest absolute Gasteiger partial charge is 0.395 e. The predicted octanol–water partition coefficient (Wildman–Crippen LogP) is 3.40. The zero-order valence-corrected chi connectivity index (χ0v) is 11.1. The number of aliphatic hydroxyl groups is 1. The molecule has 0 amide bonds. The first-order chi connectivity index (χ1) is 8.24. The van der Waals surface area contributed by atoms with Gasteiger partial charge in [0.2, 0.25) is 0 Å². The average molecular weight is 324 g/mol. The summed E-state index contributed by atoms with van der Waals surface area (Å²) < 4.78 is 37.1. The number of pyridine rings is 1. The summed E-state index contributed by atoms with van der Waals surface area (Å²) >= 11 is 17.0. The van der Waals surface area contributed by atoms with Crippen molar-refractivity contribution in [1.29, 1.82) is 0 Å². The van der Waals surface area contributed by atoms with Crippen molar-refractivity contribution in [3.63, 3.8) is 0 Å². The highest BCUT2D eigenvalue weighted by Crippen LogP contribution is 2.32. The largest absolute Gasteiger partial charge is 0.405 e. The van der Waals surface area contributed by atoms with E-state index in [2.05, 4.69) is 4.98 Å². The maximum absolute atomic E-state index is 12.4. The van der Waals surface area contributed by atoms with Crippen LogP contribution in [0.1, 0.15) is 0 Å². The minimum atomic E-state index is -4.45. The van der Waals surface area contributed by atoms with Gasteiger partial charge in [0, 0.05) is 6.54 Å². The highest BCUT2D eigenvalue weighted by molar-refractivity contribution is 6.42. The van der Waals surface area contributed by atoms with Crippen molar-refractivity contribution >= 4 is 40.6 Å². The van der Waals surface area contributed by atoms with Crippen LogP contribution in [-0.2, 0) is 0 Å². The number of aromatic nitrogens is 1. The normalized spacial score (nSPS) is 11.7. The molecule has 1 heterocycles. The number of alkyl halides is 3. The number of rotatable bonds is 4. The van der Waals surface area contributed by atoms with E-state index in [0.29, 0.717) is 0 Å². The van der Waals surface area contributed by atoms with Gasteiger partial charge in [0.05, 0.1) is 16.7 Å². The van der Waals surface area contributed by atoms with E-state index in [-0.39, 0.29) is 27.6 Å². The van der Waals surface area contributed by atoms with Gasteiger partial charge in [-0.25, -0.2) is 4.98 Å². The molecule has 0 spiro atoms. The lowest BCUT2D eigenvalue weighted by Crippen LogP contribution is -2.37. The van der Waals surface area contributed by atoms with Gasteiger partial charge in [0.15, 0.2) is 0 Å². The van der Waals surface area contributed by atoms with Crippen LogP contribution in [0.2, 0.25) is 15.2 Å². The molecule has 18 heavy (non-hydrogen) atoms. The number of halogens is 6. The van der Waals surface area contributed by atoms with Gasteiger partial charge in [-0.3, -0.25) is 0 Å². The maximum atomic E-state index is 12.4. The van der Waals surface area contributed by atoms with Gasteiger partial charge in [-0.05, 0) is 6.07 Å². The Morgan fingerprint density at radius 3 is 2.33 bits per heavy atom. The number of nitrogens with zero attached hydrogens (tertiary/aromatic N) is 2. The Hall–Kier alpha value is -0.430. The van der Waals surface area contributed by atoms with E-state index in [1.54, 1.807) is 0 Å². The average Bonchev–Trinajstić information content (AvgIpc) is 2.21. The lowest BCUT2D eigenvalue weighted by Gasteiger charge is -2.25. The summed E-state index contributed by atoms with van der Waals surface area (Å²) in [6.07, 6.45) is -4.45. The summed E-state index contributed by atoms with van der Waals surface area (Å²) in [5.41, 5.74) is 0. The van der Waals surface area contributed by atoms with Crippen molar-refractivity contribution in [2.45, 2.75) is 6.18 Å². The fraction of sp³-hybridized carbons (Fsp3) is 0.444. The Kier molecular flexibility index (Phi) is 5.33. The molecule has 0 unspecified atom stereocenters. The third-order valence-corrected chi connectivity index (χ3v) is 2.86. The van der Waals surface area contributed by atoms with Crippen LogP contribution in [0.4, 0.5) is 19.0 Å². The van der Waals surface area contributed by atoms with Gasteiger partial charge in [-0.2, -0.15) is 13.2 Å². The van der Waals surface area contributed by atoms with E-state index in [0.717, 1.165) is 4.90 Å². The molecule has 0 saturated heterocycles. The summed E-state index contributed by atoms with van der Waals surface area (Å²) in [4.78, 5) is 4.47. The zero-order chi connectivity index (χ0) is 13.9. The van der Waals surface area contributed by atoms with Crippen molar-refractivity contribution in [2.24, 2.45) is 0 Å². The van der Waals surface area contributed by atoms with E-state index in [1.165, 1.54) is 6.07 Å². The second kappa shape index (κ2) is 6.14. The van der Waals surface area contributed by atoms with Gasteiger partial charge < -0.3 is 10.0 Å². The first-order valence-electron chi connectivity index (χ1n) is 4.68. The Balaban J connectivity index is 3.09. The number of hydrogen-bond donors (Lipinski definition) is 1. The molecule has 0 atom stereocenters. The molecule has 1 rings (SSSR count). The molecule has 0 radical (unpaired) electrons. The third-order valence-electron chi connectivity index (χ3n) is 1.91. The summed E-state index contributed by atoms with van der Waals surface area (Å²) in [5, 5.41) is 8.59. The van der Waals surface area contributed by atoms with Crippen LogP contribution in [-0.4, -0.2) is 36.0 Å². The standard InChI is InChI=1S/C9H8Cl3F3N2O/c10-5-3-6(11)8(16-7(5)12)17(1-2-18)4-9(13,14)15/h3,18H,1-2,4H2. The molecule has 1 N–H and O–H groups in total. The molecule has 1 aromatic heterocycles. The first kappa shape index (κ1) is 15.6. The Morgan fingerprint density at radius 2 is 1.83 bits per heavy atom. The fourth-order valence-corrected chi connectivity index (χ4v) is 1.87. The monoisotopic (exact) mass is 322 g/mol.